The van der Waals surface area contributed by atoms with Crippen LogP contribution in [0.1, 0.15) is 5.56 Å². The summed E-state index contributed by atoms with van der Waals surface area (Å²) in [4.78, 5) is 8.90. The first-order chi connectivity index (χ1) is 10.3. The van der Waals surface area contributed by atoms with Crippen LogP contribution in [0.25, 0.3) is 16.8 Å². The second-order valence-corrected chi connectivity index (χ2v) is 5.16. The molecular formula is C15H12ClN5. The number of nitrogens with one attached hydrogen (secondary N) is 2. The first kappa shape index (κ1) is 12.2. The van der Waals surface area contributed by atoms with Crippen molar-refractivity contribution in [1.29, 1.82) is 0 Å². The number of aromatic nitrogens is 4. The first-order valence-electron chi connectivity index (χ1n) is 6.62. The minimum atomic E-state index is 0.605. The van der Waals surface area contributed by atoms with Gasteiger partial charge in [-0.05, 0) is 23.8 Å². The van der Waals surface area contributed by atoms with Crippen LogP contribution in [0.2, 0.25) is 5.02 Å². The summed E-state index contributed by atoms with van der Waals surface area (Å²) in [7, 11) is 0. The van der Waals surface area contributed by atoms with Crippen molar-refractivity contribution < 1.29 is 0 Å². The SMILES string of the molecule is Clc1ccccc1CNc1nc2nc3ccccc3n2[nH]1. The molecule has 0 radical (unpaired) electrons. The zero-order valence-corrected chi connectivity index (χ0v) is 11.8. The summed E-state index contributed by atoms with van der Waals surface area (Å²) in [5, 5.41) is 7.17. The van der Waals surface area contributed by atoms with Crippen molar-refractivity contribution >= 4 is 34.4 Å². The molecule has 2 N–H and O–H groups in total. The van der Waals surface area contributed by atoms with Crippen molar-refractivity contribution in [2.24, 2.45) is 0 Å². The number of imidazole rings is 1. The minimum Gasteiger partial charge on any atom is -0.350 e. The molecule has 6 heteroatoms. The molecule has 2 aromatic carbocycles. The molecule has 2 heterocycles. The Morgan fingerprint density at radius 3 is 2.76 bits per heavy atom. The summed E-state index contributed by atoms with van der Waals surface area (Å²) in [6.07, 6.45) is 0. The molecule has 4 rings (SSSR count). The van der Waals surface area contributed by atoms with Gasteiger partial charge < -0.3 is 5.32 Å². The smallest absolute Gasteiger partial charge is 0.253 e. The number of para-hydroxylation sites is 2. The number of halogens is 1. The average molecular weight is 298 g/mol. The highest BCUT2D eigenvalue weighted by Crippen LogP contribution is 2.18. The number of aromatic amines is 1. The number of benzene rings is 2. The highest BCUT2D eigenvalue weighted by atomic mass is 35.5. The molecular weight excluding hydrogens is 286 g/mol. The van der Waals surface area contributed by atoms with Crippen molar-refractivity contribution in [3.63, 3.8) is 0 Å². The summed E-state index contributed by atoms with van der Waals surface area (Å²) < 4.78 is 1.87. The fraction of sp³-hybridized carbons (Fsp3) is 0.0667. The second-order valence-electron chi connectivity index (χ2n) is 4.75. The summed E-state index contributed by atoms with van der Waals surface area (Å²) in [6, 6.07) is 15.7. The lowest BCUT2D eigenvalue weighted by Crippen LogP contribution is -2.01. The molecule has 0 aliphatic rings. The van der Waals surface area contributed by atoms with Crippen LogP contribution in [-0.4, -0.2) is 19.6 Å². The molecule has 0 aliphatic carbocycles. The monoisotopic (exact) mass is 297 g/mol. The number of nitrogens with zero attached hydrogens (tertiary/aromatic N) is 3. The first-order valence-corrected chi connectivity index (χ1v) is 6.99. The number of hydrogen-bond acceptors (Lipinski definition) is 3. The lowest BCUT2D eigenvalue weighted by Gasteiger charge is -2.04. The van der Waals surface area contributed by atoms with Crippen molar-refractivity contribution in [1.82, 2.24) is 19.6 Å². The number of rotatable bonds is 3. The topological polar surface area (TPSA) is 58.0 Å². The minimum absolute atomic E-state index is 0.605. The van der Waals surface area contributed by atoms with Crippen molar-refractivity contribution in [2.45, 2.75) is 6.54 Å². The molecule has 4 aromatic rings. The van der Waals surface area contributed by atoms with E-state index < -0.39 is 0 Å². The Bertz CT molecular complexity index is 924. The van der Waals surface area contributed by atoms with E-state index in [0.717, 1.165) is 21.6 Å². The predicted molar refractivity (Wildman–Crippen MR) is 83.6 cm³/mol. The van der Waals surface area contributed by atoms with Gasteiger partial charge in [-0.2, -0.15) is 4.98 Å². The van der Waals surface area contributed by atoms with Crippen LogP contribution in [0.15, 0.2) is 48.5 Å². The molecule has 0 bridgehead atoms. The standard InChI is InChI=1S/C15H12ClN5/c16-11-6-2-1-5-10(11)9-17-14-19-15-18-12-7-3-4-8-13(12)21(15)20-14/h1-8H,9H2,(H2,17,18,19,20). The van der Waals surface area contributed by atoms with E-state index in [2.05, 4.69) is 20.4 Å². The maximum atomic E-state index is 6.14. The van der Waals surface area contributed by atoms with Gasteiger partial charge >= 0.3 is 0 Å². The summed E-state index contributed by atoms with van der Waals surface area (Å²) in [6.45, 7) is 0.605. The van der Waals surface area contributed by atoms with Gasteiger partial charge in [0.25, 0.3) is 5.78 Å². The number of H-pyrrole nitrogens is 1. The molecule has 104 valence electrons. The summed E-state index contributed by atoms with van der Waals surface area (Å²) in [5.41, 5.74) is 2.96. The third-order valence-electron chi connectivity index (χ3n) is 3.38. The van der Waals surface area contributed by atoms with E-state index in [-0.39, 0.29) is 0 Å². The maximum Gasteiger partial charge on any atom is 0.253 e. The Hall–Kier alpha value is -2.53. The molecule has 0 amide bonds. The van der Waals surface area contributed by atoms with Gasteiger partial charge in [0.2, 0.25) is 5.95 Å². The molecule has 0 atom stereocenters. The highest BCUT2D eigenvalue weighted by Gasteiger charge is 2.09. The molecule has 0 aliphatic heterocycles. The zero-order chi connectivity index (χ0) is 14.2. The van der Waals surface area contributed by atoms with Gasteiger partial charge in [0, 0.05) is 11.6 Å². The predicted octanol–water partition coefficient (Wildman–Crippen LogP) is 3.48. The largest absolute Gasteiger partial charge is 0.350 e. The fourth-order valence-electron chi connectivity index (χ4n) is 2.33. The third-order valence-corrected chi connectivity index (χ3v) is 3.75. The van der Waals surface area contributed by atoms with E-state index in [9.17, 15) is 0 Å². The van der Waals surface area contributed by atoms with Crippen molar-refractivity contribution in [2.75, 3.05) is 5.32 Å². The van der Waals surface area contributed by atoms with E-state index >= 15 is 0 Å². The van der Waals surface area contributed by atoms with Gasteiger partial charge in [-0.25, -0.2) is 9.50 Å². The van der Waals surface area contributed by atoms with Crippen LogP contribution in [0, 0.1) is 0 Å². The second kappa shape index (κ2) is 4.79. The Kier molecular flexibility index (Phi) is 2.79. The van der Waals surface area contributed by atoms with Crippen molar-refractivity contribution in [3.05, 3.63) is 59.1 Å². The van der Waals surface area contributed by atoms with Gasteiger partial charge in [0.05, 0.1) is 11.0 Å². The van der Waals surface area contributed by atoms with Gasteiger partial charge in [-0.15, -0.1) is 0 Å². The van der Waals surface area contributed by atoms with E-state index in [1.807, 2.05) is 53.0 Å². The van der Waals surface area contributed by atoms with Gasteiger partial charge in [-0.3, -0.25) is 5.10 Å². The summed E-state index contributed by atoms with van der Waals surface area (Å²) in [5.74, 6) is 1.32. The fourth-order valence-corrected chi connectivity index (χ4v) is 2.53. The highest BCUT2D eigenvalue weighted by molar-refractivity contribution is 6.31. The third kappa shape index (κ3) is 2.11. The molecule has 0 saturated heterocycles. The molecule has 0 spiro atoms. The van der Waals surface area contributed by atoms with E-state index in [4.69, 9.17) is 11.6 Å². The van der Waals surface area contributed by atoms with Crippen LogP contribution in [0.5, 0.6) is 0 Å². The molecule has 0 unspecified atom stereocenters. The van der Waals surface area contributed by atoms with Crippen LogP contribution in [0.3, 0.4) is 0 Å². The zero-order valence-electron chi connectivity index (χ0n) is 11.0. The molecule has 2 aromatic heterocycles. The van der Waals surface area contributed by atoms with E-state index in [0.29, 0.717) is 18.3 Å². The molecule has 0 saturated carbocycles. The van der Waals surface area contributed by atoms with Crippen LogP contribution < -0.4 is 5.32 Å². The van der Waals surface area contributed by atoms with Crippen LogP contribution in [-0.2, 0) is 6.54 Å². The average Bonchev–Trinajstić information content (AvgIpc) is 3.03. The summed E-state index contributed by atoms with van der Waals surface area (Å²) >= 11 is 6.14. The van der Waals surface area contributed by atoms with Crippen LogP contribution in [0.4, 0.5) is 5.95 Å². The Balaban J connectivity index is 1.64. The van der Waals surface area contributed by atoms with E-state index in [1.165, 1.54) is 0 Å². The van der Waals surface area contributed by atoms with Crippen LogP contribution >= 0.6 is 11.6 Å². The Morgan fingerprint density at radius 2 is 1.86 bits per heavy atom. The number of hydrogen-bond donors (Lipinski definition) is 2. The van der Waals surface area contributed by atoms with Gasteiger partial charge in [-0.1, -0.05) is 41.9 Å². The molecule has 0 fully saturated rings. The van der Waals surface area contributed by atoms with E-state index in [1.54, 1.807) is 0 Å². The Morgan fingerprint density at radius 1 is 1.05 bits per heavy atom. The molecule has 21 heavy (non-hydrogen) atoms. The number of fused-ring (bicyclic) bond motifs is 3. The molecule has 5 nitrogen and oxygen atoms in total. The lowest BCUT2D eigenvalue weighted by atomic mass is 10.2. The number of anilines is 1. The van der Waals surface area contributed by atoms with Gasteiger partial charge in [0.1, 0.15) is 0 Å². The Labute approximate surface area is 125 Å². The lowest BCUT2D eigenvalue weighted by molar-refractivity contribution is 0.987. The normalized spacial score (nSPS) is 11.3. The van der Waals surface area contributed by atoms with Gasteiger partial charge in [0.15, 0.2) is 0 Å². The quantitative estimate of drug-likeness (QED) is 0.609. The maximum absolute atomic E-state index is 6.14. The van der Waals surface area contributed by atoms with Crippen molar-refractivity contribution in [3.8, 4) is 0 Å².